The number of methoxy groups -OCH3 is 1. The van der Waals surface area contributed by atoms with Crippen LogP contribution in [0.25, 0.3) is 0 Å². The minimum atomic E-state index is -1.75. The van der Waals surface area contributed by atoms with E-state index in [1.807, 2.05) is 4.98 Å². The van der Waals surface area contributed by atoms with Gasteiger partial charge in [-0.2, -0.15) is 0 Å². The number of aliphatic hydroxyl groups excluding tert-OH is 1. The first-order valence-electron chi connectivity index (χ1n) is 3.63. The zero-order chi connectivity index (χ0) is 10.7. The van der Waals surface area contributed by atoms with Gasteiger partial charge in [0.1, 0.15) is 0 Å². The molecular weight excluding hydrogens is 192 g/mol. The molecule has 1 atom stereocenters. The molecule has 0 saturated carbocycles. The number of aliphatic hydroxyl groups is 1. The zero-order valence-electron chi connectivity index (χ0n) is 7.26. The minimum absolute atomic E-state index is 0.608. The topological polar surface area (TPSA) is 101 Å². The van der Waals surface area contributed by atoms with Crippen molar-refractivity contribution in [2.24, 2.45) is 0 Å². The van der Waals surface area contributed by atoms with Gasteiger partial charge in [-0.05, 0) is 0 Å². The molecule has 76 valence electrons. The van der Waals surface area contributed by atoms with Crippen molar-refractivity contribution in [2.45, 2.75) is 6.23 Å². The molecule has 0 amide bonds. The van der Waals surface area contributed by atoms with Gasteiger partial charge < -0.3 is 9.84 Å². The third kappa shape index (κ3) is 1.88. The van der Waals surface area contributed by atoms with Crippen molar-refractivity contribution in [3.05, 3.63) is 33.1 Å². The molecule has 0 saturated heterocycles. The monoisotopic (exact) mass is 200 g/mol. The number of aromatic amines is 1. The summed E-state index contributed by atoms with van der Waals surface area (Å²) in [5, 5.41) is 9.23. The molecule has 2 N–H and O–H groups in total. The molecule has 0 spiro atoms. The lowest BCUT2D eigenvalue weighted by atomic mass is 10.5. The second kappa shape index (κ2) is 3.88. The van der Waals surface area contributed by atoms with E-state index in [2.05, 4.69) is 4.74 Å². The number of nitrogens with one attached hydrogen (secondary N) is 1. The normalized spacial score (nSPS) is 12.1. The lowest BCUT2D eigenvalue weighted by Crippen LogP contribution is -2.34. The van der Waals surface area contributed by atoms with E-state index < -0.39 is 23.4 Å². The standard InChI is InChI=1S/C7H8N2O5/c1-14-6(12)5(11)9-3-2-4(10)8-7(9)13/h2-3,5,11H,1H3,(H,8,10,13). The molecule has 0 aliphatic heterocycles. The first-order chi connectivity index (χ1) is 6.56. The van der Waals surface area contributed by atoms with Crippen molar-refractivity contribution in [1.82, 2.24) is 9.55 Å². The molecule has 7 heteroatoms. The van der Waals surface area contributed by atoms with Crippen LogP contribution in [0.3, 0.4) is 0 Å². The van der Waals surface area contributed by atoms with Crippen LogP contribution < -0.4 is 11.2 Å². The maximum Gasteiger partial charge on any atom is 0.356 e. The molecular formula is C7H8N2O5. The molecule has 0 fully saturated rings. The van der Waals surface area contributed by atoms with Crippen LogP contribution in [0.4, 0.5) is 0 Å². The third-order valence-corrected chi connectivity index (χ3v) is 1.53. The number of H-pyrrole nitrogens is 1. The van der Waals surface area contributed by atoms with Crippen LogP contribution in [0.15, 0.2) is 21.9 Å². The molecule has 14 heavy (non-hydrogen) atoms. The van der Waals surface area contributed by atoms with Crippen molar-refractivity contribution < 1.29 is 14.6 Å². The van der Waals surface area contributed by atoms with Crippen molar-refractivity contribution in [1.29, 1.82) is 0 Å². The van der Waals surface area contributed by atoms with Crippen LogP contribution in [0.2, 0.25) is 0 Å². The Morgan fingerprint density at radius 2 is 2.29 bits per heavy atom. The maximum atomic E-state index is 11.0. The second-order valence-corrected chi connectivity index (χ2v) is 2.41. The maximum absolute atomic E-state index is 11.0. The Morgan fingerprint density at radius 3 is 2.79 bits per heavy atom. The summed E-state index contributed by atoms with van der Waals surface area (Å²) in [4.78, 5) is 34.4. The Kier molecular flexibility index (Phi) is 2.82. The summed E-state index contributed by atoms with van der Waals surface area (Å²) < 4.78 is 4.86. The lowest BCUT2D eigenvalue weighted by molar-refractivity contribution is -0.155. The van der Waals surface area contributed by atoms with E-state index >= 15 is 0 Å². The van der Waals surface area contributed by atoms with Gasteiger partial charge in [-0.1, -0.05) is 0 Å². The first-order valence-corrected chi connectivity index (χ1v) is 3.63. The number of nitrogens with zero attached hydrogens (tertiary/aromatic N) is 1. The predicted octanol–water partition coefficient (Wildman–Crippen LogP) is -1.80. The van der Waals surface area contributed by atoms with Crippen LogP contribution in [0.1, 0.15) is 6.23 Å². The highest BCUT2D eigenvalue weighted by molar-refractivity contribution is 5.72. The number of carbonyl (C=O) groups excluding carboxylic acids is 1. The number of ether oxygens (including phenoxy) is 1. The summed E-state index contributed by atoms with van der Waals surface area (Å²) in [7, 11) is 1.07. The fraction of sp³-hybridized carbons (Fsp3) is 0.286. The molecule has 1 unspecified atom stereocenters. The summed E-state index contributed by atoms with van der Waals surface area (Å²) in [6.07, 6.45) is -0.743. The molecule has 1 heterocycles. The average Bonchev–Trinajstić information content (AvgIpc) is 2.15. The second-order valence-electron chi connectivity index (χ2n) is 2.41. The van der Waals surface area contributed by atoms with Gasteiger partial charge in [-0.25, -0.2) is 9.59 Å². The van der Waals surface area contributed by atoms with Crippen LogP contribution in [0.5, 0.6) is 0 Å². The fourth-order valence-electron chi connectivity index (χ4n) is 0.839. The quantitative estimate of drug-likeness (QED) is 0.548. The Bertz CT molecular complexity index is 446. The van der Waals surface area contributed by atoms with Gasteiger partial charge in [0.05, 0.1) is 7.11 Å². The van der Waals surface area contributed by atoms with Crippen LogP contribution in [0, 0.1) is 0 Å². The van der Waals surface area contributed by atoms with Crippen LogP contribution in [-0.4, -0.2) is 27.7 Å². The number of aromatic nitrogens is 2. The van der Waals surface area contributed by atoms with Crippen molar-refractivity contribution >= 4 is 5.97 Å². The van der Waals surface area contributed by atoms with Gasteiger partial charge in [0, 0.05) is 12.3 Å². The Hall–Kier alpha value is -1.89. The third-order valence-electron chi connectivity index (χ3n) is 1.53. The first kappa shape index (κ1) is 10.2. The van der Waals surface area contributed by atoms with Gasteiger partial charge in [0.2, 0.25) is 6.23 Å². The van der Waals surface area contributed by atoms with E-state index in [1.54, 1.807) is 0 Å². The van der Waals surface area contributed by atoms with Crippen molar-refractivity contribution in [3.63, 3.8) is 0 Å². The average molecular weight is 200 g/mol. The van der Waals surface area contributed by atoms with Gasteiger partial charge in [0.25, 0.3) is 5.56 Å². The number of hydrogen-bond donors (Lipinski definition) is 2. The highest BCUT2D eigenvalue weighted by Gasteiger charge is 2.18. The fourth-order valence-corrected chi connectivity index (χ4v) is 0.839. The molecule has 1 aromatic rings. The molecule has 0 aromatic carbocycles. The number of carbonyl (C=O) groups is 1. The van der Waals surface area contributed by atoms with E-state index in [0.29, 0.717) is 4.57 Å². The SMILES string of the molecule is COC(=O)C(O)n1ccc(=O)[nH]c1=O. The highest BCUT2D eigenvalue weighted by atomic mass is 16.5. The van der Waals surface area contributed by atoms with Crippen LogP contribution >= 0.6 is 0 Å². The molecule has 0 radical (unpaired) electrons. The van der Waals surface area contributed by atoms with Gasteiger partial charge in [-0.15, -0.1) is 0 Å². The van der Waals surface area contributed by atoms with E-state index in [4.69, 9.17) is 0 Å². The number of hydrogen-bond acceptors (Lipinski definition) is 5. The number of rotatable bonds is 2. The van der Waals surface area contributed by atoms with E-state index in [1.165, 1.54) is 0 Å². The lowest BCUT2D eigenvalue weighted by Gasteiger charge is -2.09. The van der Waals surface area contributed by atoms with E-state index in [9.17, 15) is 19.5 Å². The van der Waals surface area contributed by atoms with Crippen molar-refractivity contribution in [2.75, 3.05) is 7.11 Å². The molecule has 7 nitrogen and oxygen atoms in total. The Balaban J connectivity index is 3.14. The highest BCUT2D eigenvalue weighted by Crippen LogP contribution is 1.97. The molecule has 1 aromatic heterocycles. The van der Waals surface area contributed by atoms with E-state index in [-0.39, 0.29) is 0 Å². The molecule has 0 bridgehead atoms. The zero-order valence-corrected chi connectivity index (χ0v) is 7.26. The molecule has 0 aliphatic rings. The largest absolute Gasteiger partial charge is 0.466 e. The minimum Gasteiger partial charge on any atom is -0.466 e. The van der Waals surface area contributed by atoms with Crippen LogP contribution in [-0.2, 0) is 9.53 Å². The summed E-state index contributed by atoms with van der Waals surface area (Å²) in [6.45, 7) is 0. The molecule has 1 rings (SSSR count). The Morgan fingerprint density at radius 1 is 1.64 bits per heavy atom. The van der Waals surface area contributed by atoms with E-state index in [0.717, 1.165) is 19.4 Å². The van der Waals surface area contributed by atoms with Crippen molar-refractivity contribution in [3.8, 4) is 0 Å². The Labute approximate surface area is 77.6 Å². The summed E-state index contributed by atoms with van der Waals surface area (Å²) >= 11 is 0. The van der Waals surface area contributed by atoms with Gasteiger partial charge in [-0.3, -0.25) is 14.3 Å². The number of esters is 1. The van der Waals surface area contributed by atoms with Gasteiger partial charge in [0.15, 0.2) is 0 Å². The predicted molar refractivity (Wildman–Crippen MR) is 44.6 cm³/mol. The van der Waals surface area contributed by atoms with Gasteiger partial charge >= 0.3 is 11.7 Å². The summed E-state index contributed by atoms with van der Waals surface area (Å²) in [6, 6.07) is 1.01. The summed E-state index contributed by atoms with van der Waals surface area (Å²) in [5.74, 6) is -0.987. The summed E-state index contributed by atoms with van der Waals surface area (Å²) in [5.41, 5.74) is -1.49. The smallest absolute Gasteiger partial charge is 0.356 e. The molecule has 0 aliphatic carbocycles.